The number of hydrogen-bond donors (Lipinski definition) is 1. The molecule has 3 aromatic rings. The number of halogens is 1. The smallest absolute Gasteiger partial charge is 0.407 e. The van der Waals surface area contributed by atoms with Gasteiger partial charge in [-0.15, -0.1) is 0 Å². The maximum absolute atomic E-state index is 11.6. The topological polar surface area (TPSA) is 51.2 Å². The zero-order valence-electron chi connectivity index (χ0n) is 14.0. The number of rotatable bonds is 4. The molecule has 2 aromatic carbocycles. The Labute approximate surface area is 157 Å². The predicted molar refractivity (Wildman–Crippen MR) is 103 cm³/mol. The molecule has 4 nitrogen and oxygen atoms in total. The van der Waals surface area contributed by atoms with Crippen molar-refractivity contribution in [3.8, 4) is 11.8 Å². The molecule has 0 fully saturated rings. The van der Waals surface area contributed by atoms with E-state index in [1.165, 1.54) is 0 Å². The summed E-state index contributed by atoms with van der Waals surface area (Å²) in [5, 5.41) is 4.22. The van der Waals surface area contributed by atoms with Gasteiger partial charge in [0.2, 0.25) is 0 Å². The Morgan fingerprint density at radius 1 is 1.15 bits per heavy atom. The number of aromatic nitrogens is 1. The molecule has 0 aliphatic carbocycles. The van der Waals surface area contributed by atoms with E-state index in [1.807, 2.05) is 48.5 Å². The number of fused-ring (bicyclic) bond motifs is 1. The lowest BCUT2D eigenvalue weighted by atomic mass is 10.1. The van der Waals surface area contributed by atoms with Crippen LogP contribution in [0.5, 0.6) is 0 Å². The molecule has 1 heterocycles. The van der Waals surface area contributed by atoms with Crippen LogP contribution in [0.25, 0.3) is 10.9 Å². The average Bonchev–Trinajstić information content (AvgIpc) is 2.67. The lowest BCUT2D eigenvalue weighted by molar-refractivity contribution is 0.140. The van der Waals surface area contributed by atoms with Gasteiger partial charge in [-0.05, 0) is 29.8 Å². The highest BCUT2D eigenvalue weighted by Crippen LogP contribution is 2.22. The van der Waals surface area contributed by atoms with Crippen LogP contribution in [0.4, 0.5) is 4.79 Å². The van der Waals surface area contributed by atoms with Crippen LogP contribution in [0, 0.1) is 11.8 Å². The Morgan fingerprint density at radius 3 is 2.85 bits per heavy atom. The summed E-state index contributed by atoms with van der Waals surface area (Å²) in [4.78, 5) is 15.9. The van der Waals surface area contributed by atoms with Gasteiger partial charge < -0.3 is 10.1 Å². The van der Waals surface area contributed by atoms with Gasteiger partial charge >= 0.3 is 6.09 Å². The molecule has 0 saturated heterocycles. The summed E-state index contributed by atoms with van der Waals surface area (Å²) in [6.07, 6.45) is 1.76. The van der Waals surface area contributed by atoms with Crippen molar-refractivity contribution in [3.05, 3.63) is 76.9 Å². The third kappa shape index (κ3) is 4.98. The molecule has 0 atom stereocenters. The minimum atomic E-state index is -0.445. The molecule has 3 rings (SSSR count). The van der Waals surface area contributed by atoms with Crippen LogP contribution in [-0.2, 0) is 11.3 Å². The molecule has 1 aromatic heterocycles. The lowest BCUT2D eigenvalue weighted by Gasteiger charge is -2.05. The molecular formula is C21H17ClN2O2. The van der Waals surface area contributed by atoms with E-state index in [4.69, 9.17) is 16.3 Å². The molecule has 1 amide bonds. The molecule has 0 spiro atoms. The summed E-state index contributed by atoms with van der Waals surface area (Å²) in [6, 6.07) is 17.0. The number of ether oxygens (including phenoxy) is 1. The summed E-state index contributed by atoms with van der Waals surface area (Å²) in [7, 11) is 0. The van der Waals surface area contributed by atoms with Crippen molar-refractivity contribution in [2.75, 3.05) is 6.54 Å². The Hall–Kier alpha value is -3.03. The third-order valence-electron chi connectivity index (χ3n) is 3.65. The van der Waals surface area contributed by atoms with Crippen molar-refractivity contribution >= 4 is 28.6 Å². The minimum absolute atomic E-state index is 0.254. The minimum Gasteiger partial charge on any atom is -0.445 e. The summed E-state index contributed by atoms with van der Waals surface area (Å²) in [5.41, 5.74) is 2.65. The van der Waals surface area contributed by atoms with Crippen LogP contribution in [0.1, 0.15) is 17.5 Å². The second kappa shape index (κ2) is 8.89. The first-order valence-electron chi connectivity index (χ1n) is 8.20. The predicted octanol–water partition coefficient (Wildman–Crippen LogP) is 4.56. The maximum Gasteiger partial charge on any atom is 0.407 e. The van der Waals surface area contributed by atoms with Crippen LogP contribution in [0.3, 0.4) is 0 Å². The first-order chi connectivity index (χ1) is 12.7. The summed E-state index contributed by atoms with van der Waals surface area (Å²) in [6.45, 7) is 0.681. The van der Waals surface area contributed by atoms with E-state index in [0.717, 1.165) is 22.0 Å². The van der Waals surface area contributed by atoms with Gasteiger partial charge in [0.05, 0.1) is 10.5 Å². The van der Waals surface area contributed by atoms with E-state index in [9.17, 15) is 4.79 Å². The zero-order chi connectivity index (χ0) is 18.2. The van der Waals surface area contributed by atoms with Crippen LogP contribution in [-0.4, -0.2) is 17.6 Å². The molecule has 26 heavy (non-hydrogen) atoms. The van der Waals surface area contributed by atoms with E-state index in [2.05, 4.69) is 22.1 Å². The second-order valence-corrected chi connectivity index (χ2v) is 5.97. The Balaban J connectivity index is 1.45. The van der Waals surface area contributed by atoms with E-state index in [1.54, 1.807) is 12.3 Å². The largest absolute Gasteiger partial charge is 0.445 e. The van der Waals surface area contributed by atoms with Gasteiger partial charge in [-0.3, -0.25) is 4.98 Å². The number of nitrogens with one attached hydrogen (secondary N) is 1. The molecular weight excluding hydrogens is 348 g/mol. The Kier molecular flexibility index (Phi) is 6.08. The highest BCUT2D eigenvalue weighted by molar-refractivity contribution is 6.35. The van der Waals surface area contributed by atoms with Crippen molar-refractivity contribution in [1.29, 1.82) is 0 Å². The zero-order valence-corrected chi connectivity index (χ0v) is 14.8. The molecule has 0 bridgehead atoms. The van der Waals surface area contributed by atoms with Crippen molar-refractivity contribution in [2.45, 2.75) is 13.0 Å². The summed E-state index contributed by atoms with van der Waals surface area (Å²) in [5.74, 6) is 6.10. The van der Waals surface area contributed by atoms with Crippen LogP contribution in [0.2, 0.25) is 5.02 Å². The van der Waals surface area contributed by atoms with Gasteiger partial charge in [0, 0.05) is 30.1 Å². The maximum atomic E-state index is 11.6. The van der Waals surface area contributed by atoms with Gasteiger partial charge in [-0.2, -0.15) is 0 Å². The van der Waals surface area contributed by atoms with Gasteiger partial charge in [-0.1, -0.05) is 53.8 Å². The molecule has 5 heteroatoms. The van der Waals surface area contributed by atoms with Crippen molar-refractivity contribution in [3.63, 3.8) is 0 Å². The number of nitrogens with zero attached hydrogens (tertiary/aromatic N) is 1. The summed E-state index contributed by atoms with van der Waals surface area (Å²) < 4.78 is 5.13. The van der Waals surface area contributed by atoms with Gasteiger partial charge in [0.25, 0.3) is 0 Å². The molecule has 0 aliphatic rings. The van der Waals surface area contributed by atoms with Crippen LogP contribution >= 0.6 is 11.6 Å². The van der Waals surface area contributed by atoms with E-state index in [0.29, 0.717) is 18.0 Å². The summed E-state index contributed by atoms with van der Waals surface area (Å²) >= 11 is 6.17. The SMILES string of the molecule is O=C(NCCC#Cc1ccc2nccc(Cl)c2c1)OCc1ccccc1. The standard InChI is InChI=1S/C21H17ClN2O2/c22-19-11-13-23-20-10-9-16(14-18(19)20)6-4-5-12-24-21(25)26-15-17-7-2-1-3-8-17/h1-3,7-11,13-14H,5,12,15H2,(H,24,25). The van der Waals surface area contributed by atoms with Crippen molar-refractivity contribution in [2.24, 2.45) is 0 Å². The highest BCUT2D eigenvalue weighted by atomic mass is 35.5. The number of benzene rings is 2. The number of alkyl carbamates (subject to hydrolysis) is 1. The first kappa shape index (κ1) is 17.8. The lowest BCUT2D eigenvalue weighted by Crippen LogP contribution is -2.24. The first-order valence-corrected chi connectivity index (χ1v) is 8.58. The molecule has 1 N–H and O–H groups in total. The number of pyridine rings is 1. The molecule has 0 aliphatic heterocycles. The number of amides is 1. The third-order valence-corrected chi connectivity index (χ3v) is 3.98. The Bertz CT molecular complexity index is 962. The van der Waals surface area contributed by atoms with Crippen LogP contribution in [0.15, 0.2) is 60.8 Å². The number of hydrogen-bond acceptors (Lipinski definition) is 3. The highest BCUT2D eigenvalue weighted by Gasteiger charge is 2.01. The quantitative estimate of drug-likeness (QED) is 0.545. The van der Waals surface area contributed by atoms with Gasteiger partial charge in [0.15, 0.2) is 0 Å². The monoisotopic (exact) mass is 364 g/mol. The fourth-order valence-corrected chi connectivity index (χ4v) is 2.56. The molecule has 0 radical (unpaired) electrons. The van der Waals surface area contributed by atoms with Crippen molar-refractivity contribution in [1.82, 2.24) is 10.3 Å². The van der Waals surface area contributed by atoms with E-state index < -0.39 is 6.09 Å². The van der Waals surface area contributed by atoms with Crippen LogP contribution < -0.4 is 5.32 Å². The van der Waals surface area contributed by atoms with Gasteiger partial charge in [-0.25, -0.2) is 4.79 Å². The molecule has 0 unspecified atom stereocenters. The van der Waals surface area contributed by atoms with E-state index in [-0.39, 0.29) is 6.61 Å². The second-order valence-electron chi connectivity index (χ2n) is 5.56. The van der Waals surface area contributed by atoms with E-state index >= 15 is 0 Å². The fraction of sp³-hybridized carbons (Fsp3) is 0.143. The Morgan fingerprint density at radius 2 is 2.00 bits per heavy atom. The average molecular weight is 365 g/mol. The molecule has 0 saturated carbocycles. The number of carbonyl (C=O) groups is 1. The molecule has 130 valence electrons. The van der Waals surface area contributed by atoms with Crippen molar-refractivity contribution < 1.29 is 9.53 Å². The van der Waals surface area contributed by atoms with Gasteiger partial charge in [0.1, 0.15) is 6.61 Å². The normalized spacial score (nSPS) is 10.0. The fourth-order valence-electron chi connectivity index (χ4n) is 2.36. The number of carbonyl (C=O) groups excluding carboxylic acids is 1.